The zero-order valence-corrected chi connectivity index (χ0v) is 8.51. The van der Waals surface area contributed by atoms with Crippen molar-refractivity contribution in [2.75, 3.05) is 0 Å². The first-order valence-electron chi connectivity index (χ1n) is 2.55. The number of hydrogen-bond acceptors (Lipinski definition) is 1. The van der Waals surface area contributed by atoms with E-state index >= 15 is 0 Å². The molecule has 0 aliphatic heterocycles. The van der Waals surface area contributed by atoms with Gasteiger partial charge in [0, 0.05) is 4.90 Å². The largest absolute Gasteiger partial charge is 0.269 e. The van der Waals surface area contributed by atoms with Gasteiger partial charge in [-0.05, 0) is 18.6 Å². The van der Waals surface area contributed by atoms with Gasteiger partial charge in [0.15, 0.2) is 0 Å². The van der Waals surface area contributed by atoms with Crippen LogP contribution in [0.2, 0.25) is 0 Å². The molecule has 0 heterocycles. The molecule has 0 radical (unpaired) electrons. The van der Waals surface area contributed by atoms with E-state index in [0.29, 0.717) is 0 Å². The summed E-state index contributed by atoms with van der Waals surface area (Å²) in [7, 11) is 0. The summed E-state index contributed by atoms with van der Waals surface area (Å²) in [6.45, 7) is 2.04. The van der Waals surface area contributed by atoms with Crippen molar-refractivity contribution in [1.82, 2.24) is 0 Å². The number of rotatable bonds is 0. The van der Waals surface area contributed by atoms with Gasteiger partial charge in [-0.25, -0.2) is 0 Å². The first-order valence-corrected chi connectivity index (χ1v) is 3.00. The fourth-order valence-electron chi connectivity index (χ4n) is 0.563. The van der Waals surface area contributed by atoms with E-state index < -0.39 is 0 Å². The van der Waals surface area contributed by atoms with E-state index in [-0.39, 0.29) is 31.2 Å². The lowest BCUT2D eigenvalue weighted by atomic mass is 10.2. The fraction of sp³-hybridized carbons (Fsp3) is 0.143. The summed E-state index contributed by atoms with van der Waals surface area (Å²) < 4.78 is 0. The van der Waals surface area contributed by atoms with Crippen LogP contribution < -0.4 is 0 Å². The maximum Gasteiger partial charge on any atom is 0.00692 e. The van der Waals surface area contributed by atoms with Crippen LogP contribution in [0.1, 0.15) is 5.56 Å². The van der Waals surface area contributed by atoms with Crippen molar-refractivity contribution in [3.63, 3.8) is 0 Å². The Morgan fingerprint density at radius 2 is 1.31 bits per heavy atom. The van der Waals surface area contributed by atoms with E-state index in [4.69, 9.17) is 0 Å². The first-order chi connectivity index (χ1) is 3.80. The third-order valence-corrected chi connectivity index (χ3v) is 1.62. The molecular weight excluding hydrogens is 228 g/mol. The Morgan fingerprint density at radius 3 is 1.54 bits per heavy atom. The lowest BCUT2D eigenvalue weighted by Crippen LogP contribution is -1.70. The molecule has 0 aromatic heterocycles. The fourth-order valence-corrected chi connectivity index (χ4v) is 0.724. The molecule has 1 aromatic rings. The van der Waals surface area contributed by atoms with Crippen molar-refractivity contribution in [3.8, 4) is 0 Å². The van der Waals surface area contributed by atoms with Crippen LogP contribution in [-0.4, -0.2) is 0 Å². The monoisotopic (exact) mass is 240 g/mol. The van der Waals surface area contributed by atoms with Gasteiger partial charge in [-0.2, -0.15) is 0 Å². The van der Waals surface area contributed by atoms with Crippen molar-refractivity contribution in [3.05, 3.63) is 29.8 Å². The minimum absolute atomic E-state index is 0. The van der Waals surface area contributed by atoms with Crippen LogP contribution >= 0.6 is 25.0 Å². The van der Waals surface area contributed by atoms with Crippen molar-refractivity contribution in [2.24, 2.45) is 0 Å². The zero-order valence-electron chi connectivity index (χ0n) is 6.80. The number of hydrogen-bond donors (Lipinski definition) is 1. The van der Waals surface area contributed by atoms with Gasteiger partial charge in [-0.3, -0.25) is 18.8 Å². The second kappa shape index (κ2) is 14.1. The SMILES string of the molecule is Cc1ccccc1S.Cl.F.F.F.F. The highest BCUT2D eigenvalue weighted by Gasteiger charge is 1.84. The van der Waals surface area contributed by atoms with Crippen molar-refractivity contribution < 1.29 is 18.8 Å². The Labute approximate surface area is 86.0 Å². The van der Waals surface area contributed by atoms with Crippen molar-refractivity contribution >= 4 is 25.0 Å². The highest BCUT2D eigenvalue weighted by molar-refractivity contribution is 7.80. The minimum atomic E-state index is 0. The van der Waals surface area contributed by atoms with Crippen LogP contribution in [-0.2, 0) is 0 Å². The average Bonchev–Trinajstić information content (AvgIpc) is 1.77. The minimum Gasteiger partial charge on any atom is -0.269 e. The number of aryl methyl sites for hydroxylation is 1. The summed E-state index contributed by atoms with van der Waals surface area (Å²) in [5.41, 5.74) is 1.23. The molecule has 0 saturated heterocycles. The lowest BCUT2D eigenvalue weighted by Gasteiger charge is -1.92. The molecule has 0 nitrogen and oxygen atoms in total. The Hall–Kier alpha value is -0.420. The molecule has 0 amide bonds. The Bertz CT molecular complexity index is 177. The number of benzene rings is 1. The van der Waals surface area contributed by atoms with Gasteiger partial charge in [0.1, 0.15) is 0 Å². The van der Waals surface area contributed by atoms with E-state index in [2.05, 4.69) is 12.6 Å². The third-order valence-electron chi connectivity index (χ3n) is 1.12. The second-order valence-electron chi connectivity index (χ2n) is 1.79. The van der Waals surface area contributed by atoms with Gasteiger partial charge >= 0.3 is 0 Å². The number of thiol groups is 1. The second-order valence-corrected chi connectivity index (χ2v) is 2.27. The van der Waals surface area contributed by atoms with E-state index in [9.17, 15) is 0 Å². The van der Waals surface area contributed by atoms with Crippen LogP contribution in [0.4, 0.5) is 18.8 Å². The molecule has 0 N–H and O–H groups in total. The van der Waals surface area contributed by atoms with E-state index in [1.165, 1.54) is 5.56 Å². The summed E-state index contributed by atoms with van der Waals surface area (Å²) in [4.78, 5) is 1.06. The molecule has 1 rings (SSSR count). The van der Waals surface area contributed by atoms with Crippen LogP contribution in [0.25, 0.3) is 0 Å². The molecule has 0 bridgehead atoms. The van der Waals surface area contributed by atoms with Gasteiger partial charge in [-0.15, -0.1) is 25.0 Å². The van der Waals surface area contributed by atoms with Crippen molar-refractivity contribution in [1.29, 1.82) is 0 Å². The standard InChI is InChI=1S/C7H8S.ClH.4FH/c1-6-4-2-3-5-7(6)8;;;;;/h2-5,8H,1H3;5*1H. The molecule has 0 aliphatic rings. The van der Waals surface area contributed by atoms with E-state index in [1.54, 1.807) is 0 Å². The third kappa shape index (κ3) is 9.49. The molecule has 0 atom stereocenters. The van der Waals surface area contributed by atoms with Gasteiger partial charge in [0.2, 0.25) is 0 Å². The van der Waals surface area contributed by atoms with Crippen LogP contribution in [0.3, 0.4) is 0 Å². The molecule has 0 aliphatic carbocycles. The van der Waals surface area contributed by atoms with Crippen LogP contribution in [0.5, 0.6) is 0 Å². The topological polar surface area (TPSA) is 0 Å². The quantitative estimate of drug-likeness (QED) is 0.522. The highest BCUT2D eigenvalue weighted by atomic mass is 35.5. The van der Waals surface area contributed by atoms with Gasteiger partial charge < -0.3 is 0 Å². The van der Waals surface area contributed by atoms with E-state index in [1.807, 2.05) is 31.2 Å². The summed E-state index contributed by atoms with van der Waals surface area (Å²) in [5, 5.41) is 0. The van der Waals surface area contributed by atoms with Gasteiger partial charge in [-0.1, -0.05) is 18.2 Å². The summed E-state index contributed by atoms with van der Waals surface area (Å²) in [6.07, 6.45) is 0. The first kappa shape index (κ1) is 29.4. The predicted molar refractivity (Wildman–Crippen MR) is 55.7 cm³/mol. The lowest BCUT2D eigenvalue weighted by molar-refractivity contribution is 1.11. The van der Waals surface area contributed by atoms with Gasteiger partial charge in [0.25, 0.3) is 0 Å². The Kier molecular flexibility index (Phi) is 31.9. The highest BCUT2D eigenvalue weighted by Crippen LogP contribution is 2.09. The van der Waals surface area contributed by atoms with E-state index in [0.717, 1.165) is 4.90 Å². The summed E-state index contributed by atoms with van der Waals surface area (Å²) in [5.74, 6) is 0. The predicted octanol–water partition coefficient (Wildman–Crippen LogP) is 3.32. The zero-order chi connectivity index (χ0) is 5.98. The normalized spacial score (nSPS) is 5.69. The smallest absolute Gasteiger partial charge is 0.00692 e. The molecule has 0 saturated carbocycles. The summed E-state index contributed by atoms with van der Waals surface area (Å²) in [6, 6.07) is 8.02. The van der Waals surface area contributed by atoms with Crippen LogP contribution in [0.15, 0.2) is 29.2 Å². The number of halogens is 5. The molecule has 0 fully saturated rings. The maximum absolute atomic E-state index is 4.20. The van der Waals surface area contributed by atoms with Crippen molar-refractivity contribution in [2.45, 2.75) is 11.8 Å². The van der Waals surface area contributed by atoms with Crippen LogP contribution in [0, 0.1) is 6.92 Å². The molecule has 13 heavy (non-hydrogen) atoms. The molecule has 82 valence electrons. The van der Waals surface area contributed by atoms with Gasteiger partial charge in [0.05, 0.1) is 0 Å². The molecule has 0 unspecified atom stereocenters. The average molecular weight is 241 g/mol. The summed E-state index contributed by atoms with van der Waals surface area (Å²) >= 11 is 4.20. The molecule has 0 spiro atoms. The maximum atomic E-state index is 4.20. The molecule has 6 heteroatoms. The molecular formula is C7H13ClF4S. The Morgan fingerprint density at radius 1 is 0.923 bits per heavy atom. The Balaban J connectivity index is -0.0000000427. The molecule has 1 aromatic carbocycles.